The molecule has 0 heteroatoms. The van der Waals surface area contributed by atoms with Gasteiger partial charge in [0.15, 0.2) is 0 Å². The summed E-state index contributed by atoms with van der Waals surface area (Å²) in [5, 5.41) is 0. The SMILES string of the molecule is CCCCCCCCCCCCCC=C(CCCCCC1CCCCC1)C1CCCCC1. The van der Waals surface area contributed by atoms with Gasteiger partial charge in [-0.2, -0.15) is 0 Å². The van der Waals surface area contributed by atoms with Crippen LogP contribution in [0.15, 0.2) is 11.6 Å². The quantitative estimate of drug-likeness (QED) is 0.137. The molecule has 2 aliphatic carbocycles. The van der Waals surface area contributed by atoms with Crippen molar-refractivity contribution in [1.82, 2.24) is 0 Å². The summed E-state index contributed by atoms with van der Waals surface area (Å²) in [6, 6.07) is 0. The number of rotatable bonds is 19. The molecule has 0 heterocycles. The molecule has 0 aromatic heterocycles. The summed E-state index contributed by atoms with van der Waals surface area (Å²) in [7, 11) is 0. The molecule has 0 aliphatic heterocycles. The topological polar surface area (TPSA) is 0 Å². The van der Waals surface area contributed by atoms with Crippen LogP contribution in [0.3, 0.4) is 0 Å². The van der Waals surface area contributed by atoms with Crippen LogP contribution in [0.25, 0.3) is 0 Å². The highest BCUT2D eigenvalue weighted by molar-refractivity contribution is 5.07. The van der Waals surface area contributed by atoms with Crippen LogP contribution < -0.4 is 0 Å². The van der Waals surface area contributed by atoms with Crippen LogP contribution >= 0.6 is 0 Å². The molecular formula is C32H60. The Bertz CT molecular complexity index is 421. The normalized spacial score (nSPS) is 19.0. The lowest BCUT2D eigenvalue weighted by Gasteiger charge is -2.25. The third-order valence-corrected chi connectivity index (χ3v) is 8.65. The van der Waals surface area contributed by atoms with Gasteiger partial charge in [-0.3, -0.25) is 0 Å². The van der Waals surface area contributed by atoms with Gasteiger partial charge < -0.3 is 0 Å². The Balaban J connectivity index is 1.52. The lowest BCUT2D eigenvalue weighted by Crippen LogP contribution is -2.10. The third-order valence-electron chi connectivity index (χ3n) is 8.65. The lowest BCUT2D eigenvalue weighted by molar-refractivity contribution is 0.327. The minimum absolute atomic E-state index is 0.954. The predicted octanol–water partition coefficient (Wildman–Crippen LogP) is 11.7. The van der Waals surface area contributed by atoms with Gasteiger partial charge in [-0.25, -0.2) is 0 Å². The summed E-state index contributed by atoms with van der Waals surface area (Å²) < 4.78 is 0. The van der Waals surface area contributed by atoms with Crippen molar-refractivity contribution in [2.24, 2.45) is 11.8 Å². The Labute approximate surface area is 203 Å². The maximum atomic E-state index is 2.73. The maximum Gasteiger partial charge on any atom is -0.0203 e. The van der Waals surface area contributed by atoms with Gasteiger partial charge in [0.1, 0.15) is 0 Å². The molecule has 2 saturated carbocycles. The zero-order valence-corrected chi connectivity index (χ0v) is 22.3. The molecule has 32 heavy (non-hydrogen) atoms. The zero-order valence-electron chi connectivity index (χ0n) is 22.3. The maximum absolute atomic E-state index is 2.73. The van der Waals surface area contributed by atoms with Crippen LogP contribution in [0.1, 0.15) is 180 Å². The van der Waals surface area contributed by atoms with Crippen molar-refractivity contribution in [3.8, 4) is 0 Å². The van der Waals surface area contributed by atoms with E-state index in [0.717, 1.165) is 11.8 Å². The van der Waals surface area contributed by atoms with Crippen molar-refractivity contribution >= 4 is 0 Å². The van der Waals surface area contributed by atoms with Gasteiger partial charge >= 0.3 is 0 Å². The molecule has 2 fully saturated rings. The molecule has 0 bridgehead atoms. The van der Waals surface area contributed by atoms with Crippen molar-refractivity contribution in [2.45, 2.75) is 180 Å². The van der Waals surface area contributed by atoms with Gasteiger partial charge in [0.05, 0.1) is 0 Å². The predicted molar refractivity (Wildman–Crippen MR) is 145 cm³/mol. The molecule has 2 aliphatic rings. The van der Waals surface area contributed by atoms with Gasteiger partial charge in [-0.05, 0) is 50.4 Å². The van der Waals surface area contributed by atoms with Crippen LogP contribution in [-0.4, -0.2) is 0 Å². The Hall–Kier alpha value is -0.260. The largest absolute Gasteiger partial charge is 0.0851 e. The highest BCUT2D eigenvalue weighted by atomic mass is 14.2. The average Bonchev–Trinajstić information content (AvgIpc) is 2.84. The first-order valence-electron chi connectivity index (χ1n) is 15.6. The fraction of sp³-hybridized carbons (Fsp3) is 0.938. The second-order valence-corrected chi connectivity index (χ2v) is 11.5. The molecular weight excluding hydrogens is 384 g/mol. The van der Waals surface area contributed by atoms with E-state index in [-0.39, 0.29) is 0 Å². The van der Waals surface area contributed by atoms with E-state index in [1.807, 2.05) is 5.57 Å². The smallest absolute Gasteiger partial charge is 0.0203 e. The van der Waals surface area contributed by atoms with Crippen LogP contribution in [0.5, 0.6) is 0 Å². The molecule has 0 atom stereocenters. The van der Waals surface area contributed by atoms with Crippen molar-refractivity contribution in [2.75, 3.05) is 0 Å². The Morgan fingerprint density at radius 3 is 1.72 bits per heavy atom. The monoisotopic (exact) mass is 444 g/mol. The highest BCUT2D eigenvalue weighted by Gasteiger charge is 2.17. The number of hydrogen-bond acceptors (Lipinski definition) is 0. The van der Waals surface area contributed by atoms with Crippen LogP contribution in [-0.2, 0) is 0 Å². The van der Waals surface area contributed by atoms with Crippen molar-refractivity contribution in [1.29, 1.82) is 0 Å². The molecule has 0 radical (unpaired) electrons. The molecule has 2 rings (SSSR count). The minimum atomic E-state index is 0.954. The highest BCUT2D eigenvalue weighted by Crippen LogP contribution is 2.33. The molecule has 0 aromatic carbocycles. The molecule has 0 saturated heterocycles. The summed E-state index contributed by atoms with van der Waals surface area (Å²) in [6.45, 7) is 2.31. The fourth-order valence-corrected chi connectivity index (χ4v) is 6.46. The number of allylic oxidation sites excluding steroid dienone is 2. The van der Waals surface area contributed by atoms with E-state index in [4.69, 9.17) is 0 Å². The number of hydrogen-bond donors (Lipinski definition) is 0. The fourth-order valence-electron chi connectivity index (χ4n) is 6.46. The van der Waals surface area contributed by atoms with Gasteiger partial charge in [0.2, 0.25) is 0 Å². The molecule has 0 amide bonds. The standard InChI is InChI=1S/C32H60/c1-2-3-4-5-6-7-8-9-10-11-12-19-26-31(32-28-21-15-22-29-32)27-20-14-18-25-30-23-16-13-17-24-30/h26,30,32H,2-25,27-29H2,1H3. The third kappa shape index (κ3) is 14.1. The Morgan fingerprint density at radius 2 is 1.09 bits per heavy atom. The zero-order chi connectivity index (χ0) is 22.5. The van der Waals surface area contributed by atoms with Gasteiger partial charge in [-0.15, -0.1) is 0 Å². The first kappa shape index (κ1) is 28.0. The van der Waals surface area contributed by atoms with Gasteiger partial charge in [-0.1, -0.05) is 153 Å². The molecule has 0 N–H and O–H groups in total. The lowest BCUT2D eigenvalue weighted by atomic mass is 9.81. The minimum Gasteiger partial charge on any atom is -0.0851 e. The van der Waals surface area contributed by atoms with Crippen LogP contribution in [0.2, 0.25) is 0 Å². The molecule has 188 valence electrons. The number of unbranched alkanes of at least 4 members (excludes halogenated alkanes) is 13. The summed E-state index contributed by atoms with van der Waals surface area (Å²) in [5.74, 6) is 2.04. The van der Waals surface area contributed by atoms with Crippen molar-refractivity contribution in [3.05, 3.63) is 11.6 Å². The van der Waals surface area contributed by atoms with E-state index in [9.17, 15) is 0 Å². The molecule has 0 unspecified atom stereocenters. The molecule has 0 nitrogen and oxygen atoms in total. The van der Waals surface area contributed by atoms with E-state index in [0.29, 0.717) is 0 Å². The molecule has 0 spiro atoms. The second-order valence-electron chi connectivity index (χ2n) is 11.5. The summed E-state index contributed by atoms with van der Waals surface area (Å²) in [5.41, 5.74) is 1.88. The van der Waals surface area contributed by atoms with E-state index < -0.39 is 0 Å². The average molecular weight is 445 g/mol. The summed E-state index contributed by atoms with van der Waals surface area (Å²) in [6.07, 6.45) is 42.6. The van der Waals surface area contributed by atoms with Crippen molar-refractivity contribution < 1.29 is 0 Å². The van der Waals surface area contributed by atoms with Gasteiger partial charge in [0, 0.05) is 0 Å². The first-order valence-corrected chi connectivity index (χ1v) is 15.6. The van der Waals surface area contributed by atoms with E-state index in [2.05, 4.69) is 13.0 Å². The Morgan fingerprint density at radius 1 is 0.562 bits per heavy atom. The molecule has 0 aromatic rings. The van der Waals surface area contributed by atoms with E-state index in [1.54, 1.807) is 0 Å². The summed E-state index contributed by atoms with van der Waals surface area (Å²) >= 11 is 0. The van der Waals surface area contributed by atoms with Crippen LogP contribution in [0.4, 0.5) is 0 Å². The van der Waals surface area contributed by atoms with Gasteiger partial charge in [0.25, 0.3) is 0 Å². The Kier molecular flexibility index (Phi) is 17.6. The van der Waals surface area contributed by atoms with Crippen molar-refractivity contribution in [3.63, 3.8) is 0 Å². The van der Waals surface area contributed by atoms with Crippen LogP contribution in [0, 0.1) is 11.8 Å². The second kappa shape index (κ2) is 20.1. The van der Waals surface area contributed by atoms with E-state index >= 15 is 0 Å². The first-order chi connectivity index (χ1) is 15.9. The summed E-state index contributed by atoms with van der Waals surface area (Å²) in [4.78, 5) is 0. The van der Waals surface area contributed by atoms with E-state index in [1.165, 1.54) is 173 Å².